The zero-order valence-corrected chi connectivity index (χ0v) is 22.5. The van der Waals surface area contributed by atoms with Crippen LogP contribution in [0.4, 0.5) is 0 Å². The van der Waals surface area contributed by atoms with Crippen LogP contribution in [0.15, 0.2) is 35.6 Å². The van der Waals surface area contributed by atoms with Gasteiger partial charge in [-0.25, -0.2) is 0 Å². The number of benzene rings is 1. The van der Waals surface area contributed by atoms with Gasteiger partial charge in [-0.2, -0.15) is 0 Å². The third-order valence-corrected chi connectivity index (χ3v) is 6.56. The van der Waals surface area contributed by atoms with Gasteiger partial charge in [0.1, 0.15) is 24.0 Å². The van der Waals surface area contributed by atoms with E-state index in [9.17, 15) is 19.8 Å². The zero-order valence-electron chi connectivity index (χ0n) is 22.5. The number of nitrogens with zero attached hydrogens (tertiary/aromatic N) is 2. The van der Waals surface area contributed by atoms with Crippen molar-refractivity contribution in [2.24, 2.45) is 16.5 Å². The third kappa shape index (κ3) is 7.09. The number of para-hydroxylation sites is 1. The molecule has 2 aromatic rings. The van der Waals surface area contributed by atoms with Crippen molar-refractivity contribution in [3.63, 3.8) is 0 Å². The molecule has 1 aliphatic rings. The van der Waals surface area contributed by atoms with E-state index >= 15 is 0 Å². The normalized spacial score (nSPS) is 18.7. The van der Waals surface area contributed by atoms with E-state index in [1.165, 1.54) is 14.0 Å². The fourth-order valence-corrected chi connectivity index (χ4v) is 4.74. The quantitative estimate of drug-likeness (QED) is 0.251. The van der Waals surface area contributed by atoms with Crippen LogP contribution in [-0.4, -0.2) is 88.8 Å². The van der Waals surface area contributed by atoms with E-state index in [1.807, 2.05) is 44.3 Å². The summed E-state index contributed by atoms with van der Waals surface area (Å²) in [5, 5.41) is 28.0. The maximum absolute atomic E-state index is 13.3. The van der Waals surface area contributed by atoms with Gasteiger partial charge in [-0.1, -0.05) is 51.0 Å². The lowest BCUT2D eigenvalue weighted by Crippen LogP contribution is -2.61. The molecule has 1 aromatic heterocycles. The van der Waals surface area contributed by atoms with E-state index < -0.39 is 36.9 Å². The number of carbonyl (C=O) groups excluding carboxylic acids is 2. The zero-order chi connectivity index (χ0) is 27.3. The summed E-state index contributed by atoms with van der Waals surface area (Å²) < 4.78 is 5.42. The Bertz CT molecular complexity index is 1100. The van der Waals surface area contributed by atoms with Crippen molar-refractivity contribution in [1.82, 2.24) is 15.2 Å². The number of nitrogens with one attached hydrogen (secondary N) is 2. The molecule has 1 saturated heterocycles. The Balaban J connectivity index is 1.73. The third-order valence-electron chi connectivity index (χ3n) is 6.56. The Labute approximate surface area is 218 Å². The molecule has 0 bridgehead atoms. The highest BCUT2D eigenvalue weighted by Crippen LogP contribution is 2.30. The lowest BCUT2D eigenvalue weighted by Gasteiger charge is -2.47. The highest BCUT2D eigenvalue weighted by Gasteiger charge is 2.40. The van der Waals surface area contributed by atoms with E-state index in [1.54, 1.807) is 4.90 Å². The van der Waals surface area contributed by atoms with Crippen LogP contribution >= 0.6 is 0 Å². The lowest BCUT2D eigenvalue weighted by atomic mass is 9.83. The van der Waals surface area contributed by atoms with Gasteiger partial charge in [-0.05, 0) is 29.9 Å². The number of rotatable bonds is 12. The molecule has 0 saturated carbocycles. The first-order chi connectivity index (χ1) is 17.4. The van der Waals surface area contributed by atoms with Crippen LogP contribution < -0.4 is 5.32 Å². The molecule has 4 atom stereocenters. The summed E-state index contributed by atoms with van der Waals surface area (Å²) >= 11 is 0. The van der Waals surface area contributed by atoms with Crippen molar-refractivity contribution in [3.05, 3.63) is 36.0 Å². The van der Waals surface area contributed by atoms with Gasteiger partial charge in [-0.3, -0.25) is 9.59 Å². The molecule has 3 rings (SSSR count). The Kier molecular flexibility index (Phi) is 9.33. The topological polar surface area (TPSA) is 136 Å². The Morgan fingerprint density at radius 1 is 1.19 bits per heavy atom. The Hall–Kier alpha value is -2.95. The summed E-state index contributed by atoms with van der Waals surface area (Å²) in [4.78, 5) is 36.4. The van der Waals surface area contributed by atoms with Gasteiger partial charge in [0.25, 0.3) is 5.91 Å². The van der Waals surface area contributed by atoms with E-state index in [0.717, 1.165) is 16.5 Å². The van der Waals surface area contributed by atoms with Crippen molar-refractivity contribution in [2.75, 3.05) is 26.8 Å². The minimum Gasteiger partial charge on any atom is -0.390 e. The molecule has 0 radical (unpaired) electrons. The maximum atomic E-state index is 13.3. The van der Waals surface area contributed by atoms with Gasteiger partial charge < -0.3 is 35.0 Å². The number of carbonyl (C=O) groups is 2. The second-order valence-electron chi connectivity index (χ2n) is 10.9. The molecule has 2 amide bonds. The van der Waals surface area contributed by atoms with Crippen molar-refractivity contribution in [3.8, 4) is 0 Å². The molecule has 204 valence electrons. The summed E-state index contributed by atoms with van der Waals surface area (Å²) in [7, 11) is 1.47. The molecular weight excluding hydrogens is 476 g/mol. The predicted molar refractivity (Wildman–Crippen MR) is 141 cm³/mol. The average Bonchev–Trinajstić information content (AvgIpc) is 3.23. The minimum absolute atomic E-state index is 0.0538. The first-order valence-corrected chi connectivity index (χ1v) is 12.7. The molecule has 37 heavy (non-hydrogen) atoms. The molecule has 3 unspecified atom stereocenters. The SMILES string of the molecule is CO[C@H](/C(=N/OCC(=O)NC(Cc1c[nH]c2ccccc12)C(=O)N1CC(C)(C)C1)C(O)C(C)O)C(C)C. The van der Waals surface area contributed by atoms with Crippen molar-refractivity contribution in [1.29, 1.82) is 0 Å². The smallest absolute Gasteiger partial charge is 0.261 e. The fourth-order valence-electron chi connectivity index (χ4n) is 4.74. The highest BCUT2D eigenvalue weighted by molar-refractivity contribution is 5.93. The summed E-state index contributed by atoms with van der Waals surface area (Å²) in [6, 6.07) is 7.03. The van der Waals surface area contributed by atoms with Gasteiger partial charge >= 0.3 is 0 Å². The molecule has 4 N–H and O–H groups in total. The number of H-pyrrole nitrogens is 1. The van der Waals surface area contributed by atoms with Gasteiger partial charge in [0.2, 0.25) is 5.91 Å². The van der Waals surface area contributed by atoms with Crippen LogP contribution in [0.1, 0.15) is 40.2 Å². The number of aromatic nitrogens is 1. The first-order valence-electron chi connectivity index (χ1n) is 12.7. The maximum Gasteiger partial charge on any atom is 0.261 e. The molecule has 2 heterocycles. The first kappa shape index (κ1) is 28.6. The number of methoxy groups -OCH3 is 1. The van der Waals surface area contributed by atoms with Crippen molar-refractivity contribution < 1.29 is 29.4 Å². The van der Waals surface area contributed by atoms with Gasteiger partial charge in [0.05, 0.1) is 6.10 Å². The van der Waals surface area contributed by atoms with Crippen LogP contribution in [0.5, 0.6) is 0 Å². The number of aliphatic hydroxyl groups excluding tert-OH is 2. The molecule has 1 fully saturated rings. The number of amides is 2. The lowest BCUT2D eigenvalue weighted by molar-refractivity contribution is -0.146. The highest BCUT2D eigenvalue weighted by atomic mass is 16.6. The second kappa shape index (κ2) is 12.1. The van der Waals surface area contributed by atoms with Crippen LogP contribution in [0, 0.1) is 11.3 Å². The number of likely N-dealkylation sites (tertiary alicyclic amines) is 1. The fraction of sp³-hybridized carbons (Fsp3) is 0.593. The number of hydrogen-bond acceptors (Lipinski definition) is 7. The van der Waals surface area contributed by atoms with Gasteiger partial charge in [0.15, 0.2) is 6.61 Å². The monoisotopic (exact) mass is 516 g/mol. The van der Waals surface area contributed by atoms with Gasteiger partial charge in [-0.15, -0.1) is 0 Å². The predicted octanol–water partition coefficient (Wildman–Crippen LogP) is 1.85. The summed E-state index contributed by atoms with van der Waals surface area (Å²) in [6.45, 7) is 10.2. The van der Waals surface area contributed by atoms with Crippen LogP contribution in [0.2, 0.25) is 0 Å². The number of aromatic amines is 1. The number of aliphatic hydroxyl groups is 2. The Morgan fingerprint density at radius 2 is 1.86 bits per heavy atom. The van der Waals surface area contributed by atoms with E-state index in [2.05, 4.69) is 29.3 Å². The Morgan fingerprint density at radius 3 is 2.46 bits per heavy atom. The molecule has 10 nitrogen and oxygen atoms in total. The second-order valence-corrected chi connectivity index (χ2v) is 10.9. The standard InChI is InChI=1S/C27H40N4O6/c1-16(2)25(36-6)23(24(34)17(3)32)30-37-13-22(33)29-21(26(35)31-14-27(4,5)15-31)11-18-12-28-20-10-8-7-9-19(18)20/h7-10,12,16-17,21,24-25,28,32,34H,11,13-15H2,1-6H3,(H,29,33)/b30-23+/t17?,21?,24?,25-/m0/s1. The number of oxime groups is 1. The van der Waals surface area contributed by atoms with E-state index in [4.69, 9.17) is 9.57 Å². The molecule has 1 aromatic carbocycles. The van der Waals surface area contributed by atoms with Crippen molar-refractivity contribution in [2.45, 2.75) is 65.4 Å². The molecule has 10 heteroatoms. The number of fused-ring (bicyclic) bond motifs is 1. The molecule has 0 aliphatic carbocycles. The van der Waals surface area contributed by atoms with Crippen LogP contribution in [0.25, 0.3) is 10.9 Å². The molecule has 0 spiro atoms. The summed E-state index contributed by atoms with van der Waals surface area (Å²) in [6.07, 6.45) is -0.857. The summed E-state index contributed by atoms with van der Waals surface area (Å²) in [5.41, 5.74) is 2.03. The van der Waals surface area contributed by atoms with Crippen molar-refractivity contribution >= 4 is 28.4 Å². The average molecular weight is 517 g/mol. The molecular formula is C27H40N4O6. The van der Waals surface area contributed by atoms with E-state index in [0.29, 0.717) is 19.5 Å². The van der Waals surface area contributed by atoms with Gasteiger partial charge in [0, 0.05) is 43.7 Å². The number of hydrogen-bond donors (Lipinski definition) is 4. The summed E-state index contributed by atoms with van der Waals surface area (Å²) in [5.74, 6) is -0.731. The van der Waals surface area contributed by atoms with Crippen LogP contribution in [-0.2, 0) is 25.6 Å². The minimum atomic E-state index is -1.32. The number of ether oxygens (including phenoxy) is 1. The van der Waals surface area contributed by atoms with Crippen LogP contribution in [0.3, 0.4) is 0 Å². The molecule has 1 aliphatic heterocycles. The van der Waals surface area contributed by atoms with E-state index in [-0.39, 0.29) is 23.0 Å². The largest absolute Gasteiger partial charge is 0.390 e.